The monoisotopic (exact) mass is 328 g/mol. The number of piperidine rings is 1. The lowest BCUT2D eigenvalue weighted by molar-refractivity contribution is -0.146. The standard InChI is InChI=1S/C18H24N4O2/c1-24-18(8-11-19-12-9-18)17(23)20-10-7-15-13-21-22(14-15)16-5-3-2-4-6-16/h2-6,13-14,19H,7-12H2,1H3,(H,20,23). The van der Waals surface area contributed by atoms with E-state index in [9.17, 15) is 4.79 Å². The first-order valence-corrected chi connectivity index (χ1v) is 8.37. The molecule has 24 heavy (non-hydrogen) atoms. The summed E-state index contributed by atoms with van der Waals surface area (Å²) in [7, 11) is 1.62. The number of ether oxygens (including phenoxy) is 1. The van der Waals surface area contributed by atoms with Crippen molar-refractivity contribution in [1.82, 2.24) is 20.4 Å². The predicted molar refractivity (Wildman–Crippen MR) is 92.1 cm³/mol. The summed E-state index contributed by atoms with van der Waals surface area (Å²) in [5, 5.41) is 10.6. The number of aromatic nitrogens is 2. The maximum atomic E-state index is 12.5. The first kappa shape index (κ1) is 16.7. The van der Waals surface area contributed by atoms with E-state index >= 15 is 0 Å². The molecule has 0 saturated carbocycles. The SMILES string of the molecule is COC1(C(=O)NCCc2cnn(-c3ccccc3)c2)CCNCC1. The highest BCUT2D eigenvalue weighted by molar-refractivity contribution is 5.85. The quantitative estimate of drug-likeness (QED) is 0.839. The molecular formula is C18H24N4O2. The predicted octanol–water partition coefficient (Wildman–Crippen LogP) is 1.30. The van der Waals surface area contributed by atoms with Crippen molar-refractivity contribution in [2.45, 2.75) is 24.9 Å². The number of carbonyl (C=O) groups excluding carboxylic acids is 1. The number of nitrogens with one attached hydrogen (secondary N) is 2. The van der Waals surface area contributed by atoms with Gasteiger partial charge in [0.2, 0.25) is 0 Å². The van der Waals surface area contributed by atoms with E-state index in [-0.39, 0.29) is 5.91 Å². The molecule has 0 spiro atoms. The van der Waals surface area contributed by atoms with Crippen molar-refractivity contribution in [3.8, 4) is 5.69 Å². The van der Waals surface area contributed by atoms with E-state index in [1.165, 1.54) is 0 Å². The van der Waals surface area contributed by atoms with Gasteiger partial charge in [0.25, 0.3) is 5.91 Å². The highest BCUT2D eigenvalue weighted by Gasteiger charge is 2.39. The summed E-state index contributed by atoms with van der Waals surface area (Å²) < 4.78 is 7.38. The molecule has 1 aliphatic heterocycles. The van der Waals surface area contributed by atoms with Crippen LogP contribution in [-0.2, 0) is 16.0 Å². The molecule has 128 valence electrons. The first-order chi connectivity index (χ1) is 11.7. The number of amides is 1. The fourth-order valence-corrected chi connectivity index (χ4v) is 3.05. The molecule has 6 heteroatoms. The van der Waals surface area contributed by atoms with Gasteiger partial charge >= 0.3 is 0 Å². The molecule has 3 rings (SSSR count). The van der Waals surface area contributed by atoms with E-state index in [1.807, 2.05) is 47.4 Å². The Balaban J connectivity index is 1.53. The molecule has 1 aromatic heterocycles. The third-order valence-corrected chi connectivity index (χ3v) is 4.57. The van der Waals surface area contributed by atoms with Crippen LogP contribution in [0.2, 0.25) is 0 Å². The largest absolute Gasteiger partial charge is 0.368 e. The lowest BCUT2D eigenvalue weighted by Gasteiger charge is -2.34. The Morgan fingerprint density at radius 3 is 2.79 bits per heavy atom. The lowest BCUT2D eigenvalue weighted by atomic mass is 9.91. The molecule has 0 bridgehead atoms. The number of carbonyl (C=O) groups is 1. The molecule has 0 atom stereocenters. The van der Waals surface area contributed by atoms with Crippen molar-refractivity contribution in [2.75, 3.05) is 26.7 Å². The number of benzene rings is 1. The summed E-state index contributed by atoms with van der Waals surface area (Å²) in [5.41, 5.74) is 1.44. The molecule has 1 fully saturated rings. The average molecular weight is 328 g/mol. The maximum Gasteiger partial charge on any atom is 0.252 e. The Labute approximate surface area is 142 Å². The lowest BCUT2D eigenvalue weighted by Crippen LogP contribution is -2.54. The van der Waals surface area contributed by atoms with E-state index in [0.717, 1.165) is 30.8 Å². The van der Waals surface area contributed by atoms with Crippen molar-refractivity contribution in [3.05, 3.63) is 48.3 Å². The van der Waals surface area contributed by atoms with Gasteiger partial charge in [0.05, 0.1) is 11.9 Å². The molecule has 1 aliphatic rings. The normalized spacial score (nSPS) is 16.7. The van der Waals surface area contributed by atoms with Crippen molar-refractivity contribution in [1.29, 1.82) is 0 Å². The van der Waals surface area contributed by atoms with Gasteiger partial charge in [0.15, 0.2) is 0 Å². The summed E-state index contributed by atoms with van der Waals surface area (Å²) in [5.74, 6) is -0.0121. The van der Waals surface area contributed by atoms with Gasteiger partial charge in [-0.3, -0.25) is 4.79 Å². The molecule has 0 unspecified atom stereocenters. The van der Waals surface area contributed by atoms with E-state index in [1.54, 1.807) is 7.11 Å². The van der Waals surface area contributed by atoms with Crippen LogP contribution in [0.3, 0.4) is 0 Å². The minimum atomic E-state index is -0.681. The maximum absolute atomic E-state index is 12.5. The summed E-state index contributed by atoms with van der Waals surface area (Å²) in [6.45, 7) is 2.20. The second-order valence-corrected chi connectivity index (χ2v) is 6.08. The van der Waals surface area contributed by atoms with E-state index < -0.39 is 5.60 Å². The molecule has 1 amide bonds. The zero-order chi connectivity index (χ0) is 16.8. The molecule has 2 aromatic rings. The molecule has 0 radical (unpaired) electrons. The van der Waals surface area contributed by atoms with Crippen molar-refractivity contribution < 1.29 is 9.53 Å². The minimum Gasteiger partial charge on any atom is -0.368 e. The second kappa shape index (κ2) is 7.59. The first-order valence-electron chi connectivity index (χ1n) is 8.37. The van der Waals surface area contributed by atoms with Crippen molar-refractivity contribution in [2.24, 2.45) is 0 Å². The van der Waals surface area contributed by atoms with Crippen molar-refractivity contribution >= 4 is 5.91 Å². The van der Waals surface area contributed by atoms with Crippen LogP contribution in [-0.4, -0.2) is 48.0 Å². The highest BCUT2D eigenvalue weighted by Crippen LogP contribution is 2.22. The second-order valence-electron chi connectivity index (χ2n) is 6.08. The smallest absolute Gasteiger partial charge is 0.252 e. The summed E-state index contributed by atoms with van der Waals surface area (Å²) in [6.07, 6.45) is 6.01. The van der Waals surface area contributed by atoms with E-state index in [4.69, 9.17) is 4.74 Å². The minimum absolute atomic E-state index is 0.0121. The van der Waals surface area contributed by atoms with Gasteiger partial charge in [-0.15, -0.1) is 0 Å². The summed E-state index contributed by atoms with van der Waals surface area (Å²) in [6, 6.07) is 9.98. The fourth-order valence-electron chi connectivity index (χ4n) is 3.05. The van der Waals surface area contributed by atoms with Gasteiger partial charge in [-0.25, -0.2) is 4.68 Å². The van der Waals surface area contributed by atoms with Crippen LogP contribution in [0, 0.1) is 0 Å². The van der Waals surface area contributed by atoms with Crippen LogP contribution < -0.4 is 10.6 Å². The van der Waals surface area contributed by atoms with Crippen LogP contribution in [0.25, 0.3) is 5.69 Å². The van der Waals surface area contributed by atoms with Gasteiger partial charge < -0.3 is 15.4 Å². The Morgan fingerprint density at radius 1 is 1.33 bits per heavy atom. The molecular weight excluding hydrogens is 304 g/mol. The van der Waals surface area contributed by atoms with Crippen LogP contribution in [0.1, 0.15) is 18.4 Å². The third kappa shape index (κ3) is 3.66. The Hall–Kier alpha value is -2.18. The van der Waals surface area contributed by atoms with Crippen LogP contribution >= 0.6 is 0 Å². The van der Waals surface area contributed by atoms with Gasteiger partial charge in [-0.2, -0.15) is 5.10 Å². The molecule has 1 saturated heterocycles. The number of hydrogen-bond acceptors (Lipinski definition) is 4. The Bertz CT molecular complexity index is 663. The fraction of sp³-hybridized carbons (Fsp3) is 0.444. The molecule has 2 heterocycles. The molecule has 2 N–H and O–H groups in total. The topological polar surface area (TPSA) is 68.2 Å². The van der Waals surface area contributed by atoms with Gasteiger partial charge in [-0.05, 0) is 50.0 Å². The van der Waals surface area contributed by atoms with Gasteiger partial charge in [0.1, 0.15) is 5.60 Å². The Morgan fingerprint density at radius 2 is 2.08 bits per heavy atom. The van der Waals surface area contributed by atoms with E-state index in [2.05, 4.69) is 15.7 Å². The summed E-state index contributed by atoms with van der Waals surface area (Å²) in [4.78, 5) is 12.5. The number of rotatable bonds is 6. The van der Waals surface area contributed by atoms with Crippen molar-refractivity contribution in [3.63, 3.8) is 0 Å². The highest BCUT2D eigenvalue weighted by atomic mass is 16.5. The van der Waals surface area contributed by atoms with E-state index in [0.29, 0.717) is 19.4 Å². The zero-order valence-corrected chi connectivity index (χ0v) is 14.0. The third-order valence-electron chi connectivity index (χ3n) is 4.57. The molecule has 6 nitrogen and oxygen atoms in total. The average Bonchev–Trinajstić information content (AvgIpc) is 3.12. The van der Waals surface area contributed by atoms with Gasteiger partial charge in [0, 0.05) is 19.9 Å². The van der Waals surface area contributed by atoms with Crippen LogP contribution in [0.15, 0.2) is 42.7 Å². The molecule has 0 aliphatic carbocycles. The molecule has 1 aromatic carbocycles. The number of para-hydroxylation sites is 1. The summed E-state index contributed by atoms with van der Waals surface area (Å²) >= 11 is 0. The number of nitrogens with zero attached hydrogens (tertiary/aromatic N) is 2. The zero-order valence-electron chi connectivity index (χ0n) is 14.0. The van der Waals surface area contributed by atoms with Crippen LogP contribution in [0.5, 0.6) is 0 Å². The van der Waals surface area contributed by atoms with Gasteiger partial charge in [-0.1, -0.05) is 18.2 Å². The number of hydrogen-bond donors (Lipinski definition) is 2. The Kier molecular flexibility index (Phi) is 5.27. The number of methoxy groups -OCH3 is 1. The van der Waals surface area contributed by atoms with Crippen LogP contribution in [0.4, 0.5) is 0 Å².